The van der Waals surface area contributed by atoms with Gasteiger partial charge >= 0.3 is 0 Å². The Balaban J connectivity index is 1.85. The molecule has 0 bridgehead atoms. The molecular weight excluding hydrogens is 250 g/mol. The molecule has 1 fully saturated rings. The van der Waals surface area contributed by atoms with Gasteiger partial charge in [-0.1, -0.05) is 26.7 Å². The second-order valence-corrected chi connectivity index (χ2v) is 6.06. The molecule has 0 saturated heterocycles. The molecule has 4 heteroatoms. The van der Waals surface area contributed by atoms with Gasteiger partial charge in [0.25, 0.3) is 5.91 Å². The van der Waals surface area contributed by atoms with Gasteiger partial charge in [-0.25, -0.2) is 4.98 Å². The van der Waals surface area contributed by atoms with E-state index in [2.05, 4.69) is 29.5 Å². The number of carbonyl (C=O) groups excluding carboxylic acids is 1. The van der Waals surface area contributed by atoms with Crippen LogP contribution in [0.2, 0.25) is 0 Å². The van der Waals surface area contributed by atoms with E-state index in [4.69, 9.17) is 0 Å². The van der Waals surface area contributed by atoms with Crippen molar-refractivity contribution in [3.8, 4) is 0 Å². The third-order valence-corrected chi connectivity index (χ3v) is 4.06. The van der Waals surface area contributed by atoms with Gasteiger partial charge in [-0.15, -0.1) is 0 Å². The molecule has 1 amide bonds. The van der Waals surface area contributed by atoms with Gasteiger partial charge in [0.1, 0.15) is 5.69 Å². The smallest absolute Gasteiger partial charge is 0.269 e. The fourth-order valence-corrected chi connectivity index (χ4v) is 2.69. The van der Waals surface area contributed by atoms with Crippen LogP contribution in [0, 0.1) is 5.41 Å². The molecule has 0 aliphatic heterocycles. The minimum Gasteiger partial charge on any atom is -0.384 e. The van der Waals surface area contributed by atoms with Crippen LogP contribution in [0.4, 0.5) is 5.69 Å². The van der Waals surface area contributed by atoms with E-state index in [1.165, 1.54) is 25.7 Å². The number of carbonyl (C=O) groups is 1. The fraction of sp³-hybridized carbons (Fsp3) is 0.625. The van der Waals surface area contributed by atoms with E-state index in [0.29, 0.717) is 5.69 Å². The van der Waals surface area contributed by atoms with Crippen molar-refractivity contribution in [2.75, 3.05) is 18.4 Å². The summed E-state index contributed by atoms with van der Waals surface area (Å²) in [6, 6.07) is 3.69. The Bertz CT molecular complexity index is 436. The second kappa shape index (κ2) is 6.73. The molecule has 1 aromatic rings. The summed E-state index contributed by atoms with van der Waals surface area (Å²) in [5.41, 5.74) is 1.73. The third kappa shape index (κ3) is 3.95. The number of hydrogen-bond acceptors (Lipinski definition) is 3. The Morgan fingerprint density at radius 1 is 1.35 bits per heavy atom. The monoisotopic (exact) mass is 275 g/mol. The highest BCUT2D eigenvalue weighted by atomic mass is 16.1. The van der Waals surface area contributed by atoms with Crippen molar-refractivity contribution in [2.45, 2.75) is 46.0 Å². The standard InChI is InChI=1S/C16H25N3O/c1-3-10-17-13-6-7-14(18-11-13)15(20)19-12-16(2)8-4-5-9-16/h6-7,11,17H,3-5,8-10,12H2,1-2H3,(H,19,20). The summed E-state index contributed by atoms with van der Waals surface area (Å²) in [6.07, 6.45) is 7.77. The summed E-state index contributed by atoms with van der Waals surface area (Å²) in [7, 11) is 0. The zero-order valence-corrected chi connectivity index (χ0v) is 12.5. The van der Waals surface area contributed by atoms with Crippen LogP contribution in [0.3, 0.4) is 0 Å². The lowest BCUT2D eigenvalue weighted by Crippen LogP contribution is -2.34. The lowest BCUT2D eigenvalue weighted by atomic mass is 9.89. The maximum Gasteiger partial charge on any atom is 0.269 e. The number of pyridine rings is 1. The van der Waals surface area contributed by atoms with Gasteiger partial charge < -0.3 is 10.6 Å². The van der Waals surface area contributed by atoms with Crippen LogP contribution in [-0.2, 0) is 0 Å². The molecule has 0 unspecified atom stereocenters. The number of rotatable bonds is 6. The van der Waals surface area contributed by atoms with Crippen LogP contribution in [-0.4, -0.2) is 24.0 Å². The van der Waals surface area contributed by atoms with Gasteiger partial charge in [0.15, 0.2) is 0 Å². The average molecular weight is 275 g/mol. The van der Waals surface area contributed by atoms with Crippen molar-refractivity contribution in [2.24, 2.45) is 5.41 Å². The molecule has 1 aliphatic carbocycles. The topological polar surface area (TPSA) is 54.0 Å². The number of nitrogens with zero attached hydrogens (tertiary/aromatic N) is 1. The Morgan fingerprint density at radius 3 is 2.70 bits per heavy atom. The Hall–Kier alpha value is -1.58. The third-order valence-electron chi connectivity index (χ3n) is 4.06. The first-order chi connectivity index (χ1) is 9.63. The summed E-state index contributed by atoms with van der Waals surface area (Å²) in [4.78, 5) is 16.3. The number of nitrogens with one attached hydrogen (secondary N) is 2. The number of anilines is 1. The van der Waals surface area contributed by atoms with Crippen molar-refractivity contribution < 1.29 is 4.79 Å². The van der Waals surface area contributed by atoms with Gasteiger partial charge in [0, 0.05) is 13.1 Å². The highest BCUT2D eigenvalue weighted by molar-refractivity contribution is 5.92. The molecule has 2 rings (SSSR count). The van der Waals surface area contributed by atoms with E-state index >= 15 is 0 Å². The van der Waals surface area contributed by atoms with Gasteiger partial charge in [-0.3, -0.25) is 4.79 Å². The Kier molecular flexibility index (Phi) is 4.99. The van der Waals surface area contributed by atoms with Crippen LogP contribution in [0.25, 0.3) is 0 Å². The zero-order valence-electron chi connectivity index (χ0n) is 12.5. The largest absolute Gasteiger partial charge is 0.384 e. The molecule has 110 valence electrons. The molecule has 0 radical (unpaired) electrons. The first kappa shape index (κ1) is 14.8. The molecule has 1 aromatic heterocycles. The molecule has 4 nitrogen and oxygen atoms in total. The van der Waals surface area contributed by atoms with Crippen molar-refractivity contribution in [3.05, 3.63) is 24.0 Å². The quantitative estimate of drug-likeness (QED) is 0.838. The maximum absolute atomic E-state index is 12.1. The van der Waals surface area contributed by atoms with Crippen LogP contribution in [0.15, 0.2) is 18.3 Å². The second-order valence-electron chi connectivity index (χ2n) is 6.06. The van der Waals surface area contributed by atoms with E-state index in [0.717, 1.165) is 25.2 Å². The minimum atomic E-state index is -0.0693. The van der Waals surface area contributed by atoms with Crippen molar-refractivity contribution in [1.29, 1.82) is 0 Å². The predicted octanol–water partition coefficient (Wildman–Crippen LogP) is 3.21. The van der Waals surface area contributed by atoms with Crippen LogP contribution in [0.1, 0.15) is 56.4 Å². The van der Waals surface area contributed by atoms with E-state index in [9.17, 15) is 4.79 Å². The number of amides is 1. The van der Waals surface area contributed by atoms with E-state index in [1.807, 2.05) is 6.07 Å². The molecule has 1 saturated carbocycles. The first-order valence-electron chi connectivity index (χ1n) is 7.61. The summed E-state index contributed by atoms with van der Waals surface area (Å²) >= 11 is 0. The lowest BCUT2D eigenvalue weighted by Gasteiger charge is -2.23. The highest BCUT2D eigenvalue weighted by Crippen LogP contribution is 2.36. The summed E-state index contributed by atoms with van der Waals surface area (Å²) < 4.78 is 0. The van der Waals surface area contributed by atoms with Gasteiger partial charge in [-0.2, -0.15) is 0 Å². The molecule has 0 aromatic carbocycles. The van der Waals surface area contributed by atoms with Gasteiger partial charge in [0.2, 0.25) is 0 Å². The normalized spacial score (nSPS) is 16.9. The predicted molar refractivity (Wildman–Crippen MR) is 81.9 cm³/mol. The summed E-state index contributed by atoms with van der Waals surface area (Å²) in [5, 5.41) is 6.27. The molecule has 20 heavy (non-hydrogen) atoms. The number of hydrogen-bond donors (Lipinski definition) is 2. The fourth-order valence-electron chi connectivity index (χ4n) is 2.69. The molecule has 1 heterocycles. The average Bonchev–Trinajstić information content (AvgIpc) is 2.90. The zero-order chi connectivity index (χ0) is 14.4. The summed E-state index contributed by atoms with van der Waals surface area (Å²) in [5.74, 6) is -0.0693. The maximum atomic E-state index is 12.1. The van der Waals surface area contributed by atoms with Gasteiger partial charge in [-0.05, 0) is 36.8 Å². The molecule has 1 aliphatic rings. The van der Waals surface area contributed by atoms with Crippen LogP contribution >= 0.6 is 0 Å². The van der Waals surface area contributed by atoms with Crippen LogP contribution < -0.4 is 10.6 Å². The number of aromatic nitrogens is 1. The molecule has 0 spiro atoms. The first-order valence-corrected chi connectivity index (χ1v) is 7.61. The van der Waals surface area contributed by atoms with Crippen molar-refractivity contribution in [3.63, 3.8) is 0 Å². The Morgan fingerprint density at radius 2 is 2.10 bits per heavy atom. The Labute approximate surface area is 121 Å². The van der Waals surface area contributed by atoms with E-state index in [-0.39, 0.29) is 11.3 Å². The van der Waals surface area contributed by atoms with E-state index in [1.54, 1.807) is 12.3 Å². The molecule has 0 atom stereocenters. The SMILES string of the molecule is CCCNc1ccc(C(=O)NCC2(C)CCCC2)nc1. The molecule has 2 N–H and O–H groups in total. The van der Waals surface area contributed by atoms with Crippen molar-refractivity contribution in [1.82, 2.24) is 10.3 Å². The minimum absolute atomic E-state index is 0.0693. The van der Waals surface area contributed by atoms with Crippen LogP contribution in [0.5, 0.6) is 0 Å². The molecular formula is C16H25N3O. The highest BCUT2D eigenvalue weighted by Gasteiger charge is 2.29. The summed E-state index contributed by atoms with van der Waals surface area (Å²) in [6.45, 7) is 6.05. The van der Waals surface area contributed by atoms with Gasteiger partial charge in [0.05, 0.1) is 11.9 Å². The van der Waals surface area contributed by atoms with E-state index < -0.39 is 0 Å². The lowest BCUT2D eigenvalue weighted by molar-refractivity contribution is 0.0929. The van der Waals surface area contributed by atoms with Crippen molar-refractivity contribution >= 4 is 11.6 Å².